The maximum Gasteiger partial charge on any atom is 0.272 e. The van der Waals surface area contributed by atoms with Crippen LogP contribution in [0.1, 0.15) is 41.0 Å². The van der Waals surface area contributed by atoms with E-state index in [9.17, 15) is 13.2 Å². The van der Waals surface area contributed by atoms with Crippen molar-refractivity contribution in [2.45, 2.75) is 38.4 Å². The quantitative estimate of drug-likeness (QED) is 0.803. The Morgan fingerprint density at radius 2 is 1.92 bits per heavy atom. The van der Waals surface area contributed by atoms with Gasteiger partial charge in [-0.15, -0.1) is 0 Å². The first-order valence-electron chi connectivity index (χ1n) is 8.39. The second-order valence-corrected chi connectivity index (χ2v) is 9.63. The monoisotopic (exact) mass is 350 g/mol. The first-order chi connectivity index (χ1) is 11.3. The van der Waals surface area contributed by atoms with Gasteiger partial charge >= 0.3 is 0 Å². The van der Waals surface area contributed by atoms with Gasteiger partial charge in [0.2, 0.25) is 10.0 Å². The molecule has 1 aliphatic carbocycles. The van der Waals surface area contributed by atoms with Crippen LogP contribution in [-0.4, -0.2) is 64.9 Å². The maximum absolute atomic E-state index is 12.6. The molecule has 0 radical (unpaired) electrons. The van der Waals surface area contributed by atoms with Gasteiger partial charge in [-0.3, -0.25) is 4.79 Å². The summed E-state index contributed by atoms with van der Waals surface area (Å²) in [5.74, 6) is -0.0767. The van der Waals surface area contributed by atoms with Gasteiger partial charge in [0.15, 0.2) is 0 Å². The molecule has 3 fully saturated rings. The number of likely N-dealkylation sites (tertiary alicyclic amines) is 1. The largest absolute Gasteiger partial charge is 0.336 e. The van der Waals surface area contributed by atoms with Crippen LogP contribution in [0.4, 0.5) is 0 Å². The highest BCUT2D eigenvalue weighted by molar-refractivity contribution is 7.90. The van der Waals surface area contributed by atoms with Crippen molar-refractivity contribution in [3.63, 3.8) is 0 Å². The predicted molar refractivity (Wildman–Crippen MR) is 88.0 cm³/mol. The Labute approximate surface area is 142 Å². The van der Waals surface area contributed by atoms with Crippen molar-refractivity contribution >= 4 is 15.9 Å². The van der Waals surface area contributed by atoms with Gasteiger partial charge < -0.3 is 4.90 Å². The van der Waals surface area contributed by atoms with Crippen LogP contribution in [0.15, 0.2) is 6.33 Å². The van der Waals surface area contributed by atoms with Crippen LogP contribution in [0.3, 0.4) is 0 Å². The summed E-state index contributed by atoms with van der Waals surface area (Å²) >= 11 is 0. The Kier molecular flexibility index (Phi) is 3.47. The van der Waals surface area contributed by atoms with Crippen molar-refractivity contribution in [2.75, 3.05) is 26.2 Å². The topological polar surface area (TPSA) is 83.5 Å². The van der Waals surface area contributed by atoms with Gasteiger partial charge in [-0.2, -0.15) is 0 Å². The molecule has 1 spiro atoms. The maximum atomic E-state index is 12.6. The van der Waals surface area contributed by atoms with Gasteiger partial charge in [-0.25, -0.2) is 22.7 Å². The first kappa shape index (κ1) is 16.0. The summed E-state index contributed by atoms with van der Waals surface area (Å²) in [5.41, 5.74) is 2.02. The lowest BCUT2D eigenvalue weighted by Crippen LogP contribution is -2.59. The van der Waals surface area contributed by atoms with Crippen LogP contribution in [0.2, 0.25) is 0 Å². The van der Waals surface area contributed by atoms with E-state index < -0.39 is 10.0 Å². The Bertz CT molecular complexity index is 798. The van der Waals surface area contributed by atoms with Crippen LogP contribution in [0.5, 0.6) is 0 Å². The van der Waals surface area contributed by atoms with E-state index in [1.807, 2.05) is 13.8 Å². The van der Waals surface area contributed by atoms with Crippen LogP contribution >= 0.6 is 0 Å². The molecular formula is C16H22N4O3S. The summed E-state index contributed by atoms with van der Waals surface area (Å²) in [6.07, 6.45) is 3.85. The molecule has 24 heavy (non-hydrogen) atoms. The van der Waals surface area contributed by atoms with E-state index in [0.29, 0.717) is 31.9 Å². The number of hydrogen-bond acceptors (Lipinski definition) is 5. The van der Waals surface area contributed by atoms with Crippen LogP contribution < -0.4 is 0 Å². The normalized spacial score (nSPS) is 23.5. The molecule has 1 amide bonds. The molecule has 0 unspecified atom stereocenters. The zero-order valence-electron chi connectivity index (χ0n) is 14.0. The number of amides is 1. The molecule has 2 aliphatic heterocycles. The van der Waals surface area contributed by atoms with E-state index in [0.717, 1.165) is 30.5 Å². The SMILES string of the molecule is Cc1ncnc(C(=O)N2CC3(CCN(S(=O)(=O)C4CC4)C3)C2)c1C. The van der Waals surface area contributed by atoms with Crippen molar-refractivity contribution in [2.24, 2.45) is 5.41 Å². The molecule has 3 aliphatic rings. The van der Waals surface area contributed by atoms with Gasteiger partial charge in [-0.1, -0.05) is 0 Å². The zero-order valence-corrected chi connectivity index (χ0v) is 14.8. The van der Waals surface area contributed by atoms with Crippen LogP contribution in [0.25, 0.3) is 0 Å². The standard InChI is InChI=1S/C16H22N4O3S/c1-11-12(2)17-10-18-14(11)15(21)19-7-16(8-19)5-6-20(9-16)24(22,23)13-3-4-13/h10,13H,3-9H2,1-2H3. The zero-order chi connectivity index (χ0) is 17.1. The lowest BCUT2D eigenvalue weighted by Gasteiger charge is -2.48. The highest BCUT2D eigenvalue weighted by Gasteiger charge is 2.53. The summed E-state index contributed by atoms with van der Waals surface area (Å²) in [4.78, 5) is 22.7. The molecular weight excluding hydrogens is 328 g/mol. The molecule has 4 rings (SSSR count). The van der Waals surface area contributed by atoms with E-state index in [-0.39, 0.29) is 16.6 Å². The van der Waals surface area contributed by atoms with Crippen molar-refractivity contribution in [1.82, 2.24) is 19.2 Å². The molecule has 7 nitrogen and oxygen atoms in total. The van der Waals surface area contributed by atoms with Gasteiger partial charge in [0.05, 0.1) is 5.25 Å². The minimum atomic E-state index is -3.11. The summed E-state index contributed by atoms with van der Waals surface area (Å²) in [7, 11) is -3.11. The summed E-state index contributed by atoms with van der Waals surface area (Å²) in [6, 6.07) is 0. The molecule has 1 aromatic rings. The minimum absolute atomic E-state index is 0.0619. The fourth-order valence-electron chi connectivity index (χ4n) is 3.76. The van der Waals surface area contributed by atoms with E-state index in [1.54, 1.807) is 9.21 Å². The second-order valence-electron chi connectivity index (χ2n) is 7.42. The molecule has 0 aromatic carbocycles. The molecule has 130 valence electrons. The van der Waals surface area contributed by atoms with Gasteiger partial charge in [0, 0.05) is 42.9 Å². The lowest BCUT2D eigenvalue weighted by atomic mass is 9.79. The predicted octanol–water partition coefficient (Wildman–Crippen LogP) is 0.734. The van der Waals surface area contributed by atoms with E-state index in [2.05, 4.69) is 9.97 Å². The highest BCUT2D eigenvalue weighted by atomic mass is 32.2. The minimum Gasteiger partial charge on any atom is -0.336 e. The molecule has 0 bridgehead atoms. The lowest BCUT2D eigenvalue weighted by molar-refractivity contribution is 0.0130. The molecule has 3 heterocycles. The molecule has 1 saturated carbocycles. The van der Waals surface area contributed by atoms with Gasteiger partial charge in [-0.05, 0) is 33.1 Å². The highest BCUT2D eigenvalue weighted by Crippen LogP contribution is 2.43. The summed E-state index contributed by atoms with van der Waals surface area (Å²) < 4.78 is 26.4. The number of sulfonamides is 1. The molecule has 0 atom stereocenters. The number of rotatable bonds is 3. The van der Waals surface area contributed by atoms with Crippen molar-refractivity contribution in [1.29, 1.82) is 0 Å². The third-order valence-electron chi connectivity index (χ3n) is 5.59. The fraction of sp³-hybridized carbons (Fsp3) is 0.688. The van der Waals surface area contributed by atoms with Crippen LogP contribution in [0, 0.1) is 19.3 Å². The Morgan fingerprint density at radius 1 is 1.21 bits per heavy atom. The number of carbonyl (C=O) groups is 1. The average Bonchev–Trinajstić information content (AvgIpc) is 3.27. The van der Waals surface area contributed by atoms with Crippen molar-refractivity contribution < 1.29 is 13.2 Å². The van der Waals surface area contributed by atoms with Crippen molar-refractivity contribution in [3.8, 4) is 0 Å². The summed E-state index contributed by atoms with van der Waals surface area (Å²) in [6.45, 7) is 6.10. The molecule has 8 heteroatoms. The van der Waals surface area contributed by atoms with Gasteiger partial charge in [0.25, 0.3) is 5.91 Å². The molecule has 1 aromatic heterocycles. The Balaban J connectivity index is 1.43. The van der Waals surface area contributed by atoms with E-state index >= 15 is 0 Å². The first-order valence-corrected chi connectivity index (χ1v) is 9.89. The third kappa shape index (κ3) is 2.43. The van der Waals surface area contributed by atoms with Crippen LogP contribution in [-0.2, 0) is 10.0 Å². The van der Waals surface area contributed by atoms with Gasteiger partial charge in [0.1, 0.15) is 12.0 Å². The number of hydrogen-bond donors (Lipinski definition) is 0. The number of aryl methyl sites for hydroxylation is 1. The number of aromatic nitrogens is 2. The van der Waals surface area contributed by atoms with Crippen molar-refractivity contribution in [3.05, 3.63) is 23.3 Å². The average molecular weight is 350 g/mol. The molecule has 2 saturated heterocycles. The fourth-order valence-corrected chi connectivity index (χ4v) is 5.71. The van der Waals surface area contributed by atoms with E-state index in [1.165, 1.54) is 6.33 Å². The second kappa shape index (κ2) is 5.23. The number of nitrogens with zero attached hydrogens (tertiary/aromatic N) is 4. The van der Waals surface area contributed by atoms with E-state index in [4.69, 9.17) is 0 Å². The third-order valence-corrected chi connectivity index (χ3v) is 7.93. The smallest absolute Gasteiger partial charge is 0.272 e. The number of carbonyl (C=O) groups excluding carboxylic acids is 1. The Morgan fingerprint density at radius 3 is 2.58 bits per heavy atom. The Hall–Kier alpha value is -1.54. The molecule has 0 N–H and O–H groups in total. The summed E-state index contributed by atoms with van der Waals surface area (Å²) in [5, 5.41) is -0.155.